The molecule has 3 aliphatic carbocycles. The average Bonchev–Trinajstić information content (AvgIpc) is 2.72. The van der Waals surface area contributed by atoms with Crippen molar-refractivity contribution in [2.24, 2.45) is 35.0 Å². The Labute approximate surface area is 155 Å². The number of ether oxygens (including phenoxy) is 2. The van der Waals surface area contributed by atoms with Crippen LogP contribution in [-0.2, 0) is 19.1 Å². The first-order valence-electron chi connectivity index (χ1n) is 9.87. The van der Waals surface area contributed by atoms with E-state index in [0.717, 1.165) is 19.3 Å². The van der Waals surface area contributed by atoms with Gasteiger partial charge in [-0.15, -0.1) is 0 Å². The van der Waals surface area contributed by atoms with Crippen molar-refractivity contribution in [2.75, 3.05) is 7.11 Å². The van der Waals surface area contributed by atoms with Crippen LogP contribution in [0.2, 0.25) is 0 Å². The maximum atomic E-state index is 13.5. The van der Waals surface area contributed by atoms with Crippen molar-refractivity contribution < 1.29 is 24.2 Å². The molecular formula is C21H30O5. The van der Waals surface area contributed by atoms with Crippen LogP contribution in [0.4, 0.5) is 0 Å². The molecule has 2 saturated carbocycles. The van der Waals surface area contributed by atoms with E-state index in [1.165, 1.54) is 7.11 Å². The van der Waals surface area contributed by atoms with E-state index in [1.54, 1.807) is 0 Å². The maximum absolute atomic E-state index is 13.5. The van der Waals surface area contributed by atoms with Crippen LogP contribution in [-0.4, -0.2) is 35.4 Å². The minimum Gasteiger partial charge on any atom is -0.466 e. The van der Waals surface area contributed by atoms with Gasteiger partial charge in [0.1, 0.15) is 5.78 Å². The summed E-state index contributed by atoms with van der Waals surface area (Å²) in [5.41, 5.74) is -1.06. The fourth-order valence-corrected chi connectivity index (χ4v) is 6.57. The highest BCUT2D eigenvalue weighted by Gasteiger charge is 2.77. The van der Waals surface area contributed by atoms with Gasteiger partial charge in [-0.2, -0.15) is 0 Å². The summed E-state index contributed by atoms with van der Waals surface area (Å²) in [4.78, 5) is 26.1. The molecular weight excluding hydrogens is 332 g/mol. The highest BCUT2D eigenvalue weighted by molar-refractivity contribution is 6.00. The number of Topliss-reactive ketones (excluding diaryl/α,β-unsaturated/α-hetero) is 1. The molecule has 2 bridgehead atoms. The van der Waals surface area contributed by atoms with E-state index in [4.69, 9.17) is 9.47 Å². The van der Waals surface area contributed by atoms with Crippen LogP contribution in [0.1, 0.15) is 53.4 Å². The molecule has 1 N–H and O–H groups in total. The molecule has 0 amide bonds. The van der Waals surface area contributed by atoms with Crippen molar-refractivity contribution in [3.8, 4) is 0 Å². The molecule has 5 heteroatoms. The quantitative estimate of drug-likeness (QED) is 0.765. The highest BCUT2D eigenvalue weighted by atomic mass is 16.7. The Hall–Kier alpha value is -1.20. The Bertz CT molecular complexity index is 697. The van der Waals surface area contributed by atoms with Gasteiger partial charge < -0.3 is 14.6 Å². The largest absolute Gasteiger partial charge is 0.466 e. The zero-order valence-corrected chi connectivity index (χ0v) is 16.4. The monoisotopic (exact) mass is 362 g/mol. The van der Waals surface area contributed by atoms with Gasteiger partial charge in [0.25, 0.3) is 0 Å². The van der Waals surface area contributed by atoms with E-state index in [0.29, 0.717) is 17.9 Å². The third-order valence-electron chi connectivity index (χ3n) is 7.81. The van der Waals surface area contributed by atoms with Crippen LogP contribution in [0.5, 0.6) is 0 Å². The Balaban J connectivity index is 1.95. The van der Waals surface area contributed by atoms with E-state index in [-0.39, 0.29) is 23.5 Å². The molecule has 0 aromatic carbocycles. The molecule has 0 aromatic heterocycles. The Morgan fingerprint density at radius 3 is 2.65 bits per heavy atom. The lowest BCUT2D eigenvalue weighted by atomic mass is 9.46. The number of esters is 1. The number of methoxy groups -OCH3 is 1. The fourth-order valence-electron chi connectivity index (χ4n) is 6.57. The summed E-state index contributed by atoms with van der Waals surface area (Å²) in [7, 11) is 1.35. The summed E-state index contributed by atoms with van der Waals surface area (Å²) < 4.78 is 11.5. The van der Waals surface area contributed by atoms with Crippen LogP contribution in [0.25, 0.3) is 0 Å². The van der Waals surface area contributed by atoms with Crippen molar-refractivity contribution in [1.29, 1.82) is 0 Å². The third-order valence-corrected chi connectivity index (χ3v) is 7.81. The molecule has 4 rings (SSSR count). The van der Waals surface area contributed by atoms with Gasteiger partial charge in [0.2, 0.25) is 0 Å². The van der Waals surface area contributed by atoms with Gasteiger partial charge in [-0.25, -0.2) is 4.79 Å². The van der Waals surface area contributed by atoms with Crippen LogP contribution >= 0.6 is 0 Å². The van der Waals surface area contributed by atoms with E-state index in [9.17, 15) is 14.7 Å². The molecule has 0 radical (unpaired) electrons. The lowest BCUT2D eigenvalue weighted by Gasteiger charge is -2.54. The van der Waals surface area contributed by atoms with Gasteiger partial charge in [0.15, 0.2) is 5.79 Å². The third kappa shape index (κ3) is 1.99. The molecule has 0 unspecified atom stereocenters. The summed E-state index contributed by atoms with van der Waals surface area (Å²) >= 11 is 0. The second-order valence-electron chi connectivity index (χ2n) is 9.54. The molecule has 26 heavy (non-hydrogen) atoms. The van der Waals surface area contributed by atoms with Gasteiger partial charge in [-0.1, -0.05) is 34.1 Å². The summed E-state index contributed by atoms with van der Waals surface area (Å²) in [6.07, 6.45) is 4.89. The Kier molecular flexibility index (Phi) is 3.79. The second-order valence-corrected chi connectivity index (χ2v) is 9.54. The van der Waals surface area contributed by atoms with Gasteiger partial charge in [-0.05, 0) is 30.8 Å². The molecule has 1 heterocycles. The first kappa shape index (κ1) is 18.2. The fraction of sp³-hybridized carbons (Fsp3) is 0.810. The second kappa shape index (κ2) is 5.41. The topological polar surface area (TPSA) is 72.8 Å². The average molecular weight is 362 g/mol. The Morgan fingerprint density at radius 1 is 1.35 bits per heavy atom. The van der Waals surface area contributed by atoms with Crippen molar-refractivity contribution in [2.45, 2.75) is 64.8 Å². The number of hydrogen-bond acceptors (Lipinski definition) is 5. The normalized spacial score (nSPS) is 49.7. The minimum atomic E-state index is -1.39. The van der Waals surface area contributed by atoms with Crippen molar-refractivity contribution >= 4 is 11.8 Å². The van der Waals surface area contributed by atoms with Crippen LogP contribution in [0.3, 0.4) is 0 Å². The van der Waals surface area contributed by atoms with Crippen molar-refractivity contribution in [3.05, 3.63) is 11.6 Å². The summed E-state index contributed by atoms with van der Waals surface area (Å²) in [5, 5.41) is 11.7. The molecule has 7 atom stereocenters. The van der Waals surface area contributed by atoms with Crippen LogP contribution in [0, 0.1) is 35.0 Å². The van der Waals surface area contributed by atoms with Gasteiger partial charge in [-0.3, -0.25) is 4.79 Å². The highest BCUT2D eigenvalue weighted by Crippen LogP contribution is 2.71. The molecule has 5 nitrogen and oxygen atoms in total. The number of aliphatic hydroxyl groups is 1. The Morgan fingerprint density at radius 2 is 2.04 bits per heavy atom. The lowest BCUT2D eigenvalue weighted by Crippen LogP contribution is -2.62. The zero-order valence-electron chi connectivity index (χ0n) is 16.4. The number of ketones is 1. The zero-order chi connectivity index (χ0) is 19.1. The smallest absolute Gasteiger partial charge is 0.334 e. The van der Waals surface area contributed by atoms with E-state index in [1.807, 2.05) is 26.8 Å². The van der Waals surface area contributed by atoms with Crippen LogP contribution in [0.15, 0.2) is 11.6 Å². The summed E-state index contributed by atoms with van der Waals surface area (Å²) in [5.74, 6) is -2.20. The number of hydrogen-bond donors (Lipinski definition) is 1. The number of carbonyl (C=O) groups is 2. The molecule has 3 fully saturated rings. The first-order valence-corrected chi connectivity index (χ1v) is 9.87. The standard InChI is InChI=1S/C21H30O5/c1-11(2)13-10-21(24)19(4)15-7-6-12(3)8-20(15,26-21)9-14(18(23)25-5)16(19)17(13)22/h9,11-13,15-16,24H,6-8,10H2,1-5H3/t12-,13+,15+,16+,19+,20-,21-/m1/s1. The molecule has 0 spiro atoms. The number of rotatable bonds is 2. The molecule has 4 aliphatic rings. The first-order chi connectivity index (χ1) is 12.1. The maximum Gasteiger partial charge on any atom is 0.334 e. The van der Waals surface area contributed by atoms with Crippen molar-refractivity contribution in [3.63, 3.8) is 0 Å². The summed E-state index contributed by atoms with van der Waals surface area (Å²) in [6.45, 7) is 8.13. The van der Waals surface area contributed by atoms with Gasteiger partial charge in [0, 0.05) is 29.2 Å². The summed E-state index contributed by atoms with van der Waals surface area (Å²) in [6, 6.07) is 0. The molecule has 1 aliphatic heterocycles. The molecule has 0 aromatic rings. The predicted octanol–water partition coefficient (Wildman–Crippen LogP) is 2.86. The number of carbonyl (C=O) groups excluding carboxylic acids is 2. The van der Waals surface area contributed by atoms with E-state index >= 15 is 0 Å². The molecule has 1 saturated heterocycles. The SMILES string of the molecule is COC(=O)C1=C[C@]23C[C@H](C)CC[C@H]2[C@@]2(C)[C@@H]1C(=O)[C@H](C(C)C)C[C@@]2(O)O3. The van der Waals surface area contributed by atoms with Crippen LogP contribution < -0.4 is 0 Å². The minimum absolute atomic E-state index is 0.0478. The van der Waals surface area contributed by atoms with E-state index < -0.39 is 28.7 Å². The van der Waals surface area contributed by atoms with E-state index in [2.05, 4.69) is 6.92 Å². The van der Waals surface area contributed by atoms with Gasteiger partial charge in [0.05, 0.1) is 18.6 Å². The van der Waals surface area contributed by atoms with Crippen molar-refractivity contribution in [1.82, 2.24) is 0 Å². The molecule has 144 valence electrons. The van der Waals surface area contributed by atoms with Gasteiger partial charge >= 0.3 is 5.97 Å². The predicted molar refractivity (Wildman–Crippen MR) is 94.9 cm³/mol. The lowest BCUT2D eigenvalue weighted by molar-refractivity contribution is -0.272.